The van der Waals surface area contributed by atoms with E-state index >= 15 is 0 Å². The molecule has 0 aromatic heterocycles. The number of benzene rings is 2. The van der Waals surface area contributed by atoms with Crippen LogP contribution in [-0.4, -0.2) is 23.9 Å². The van der Waals surface area contributed by atoms with Crippen LogP contribution >= 0.6 is 38.5 Å². The SMILES string of the molecule is O=C(c1cc(Br)ccc1I)N1CCc2ccccc2CC1. The fourth-order valence-electron chi connectivity index (χ4n) is 2.70. The Morgan fingerprint density at radius 3 is 2.29 bits per heavy atom. The summed E-state index contributed by atoms with van der Waals surface area (Å²) in [6.07, 6.45) is 1.87. The average Bonchev–Trinajstić information content (AvgIpc) is 2.71. The largest absolute Gasteiger partial charge is 0.338 e. The van der Waals surface area contributed by atoms with Crippen LogP contribution < -0.4 is 0 Å². The van der Waals surface area contributed by atoms with Gasteiger partial charge in [0.2, 0.25) is 0 Å². The highest BCUT2D eigenvalue weighted by Crippen LogP contribution is 2.22. The molecule has 0 fully saturated rings. The first-order chi connectivity index (χ1) is 10.1. The summed E-state index contributed by atoms with van der Waals surface area (Å²) in [7, 11) is 0. The number of rotatable bonds is 1. The van der Waals surface area contributed by atoms with Crippen molar-refractivity contribution in [1.82, 2.24) is 4.90 Å². The van der Waals surface area contributed by atoms with Crippen LogP contribution in [0.1, 0.15) is 21.5 Å². The van der Waals surface area contributed by atoms with Crippen molar-refractivity contribution >= 4 is 44.4 Å². The van der Waals surface area contributed by atoms with E-state index in [0.29, 0.717) is 0 Å². The fraction of sp³-hybridized carbons (Fsp3) is 0.235. The summed E-state index contributed by atoms with van der Waals surface area (Å²) < 4.78 is 1.95. The minimum absolute atomic E-state index is 0.133. The van der Waals surface area contributed by atoms with Crippen molar-refractivity contribution in [2.45, 2.75) is 12.8 Å². The number of halogens is 2. The van der Waals surface area contributed by atoms with Gasteiger partial charge in [-0.25, -0.2) is 0 Å². The molecule has 21 heavy (non-hydrogen) atoms. The molecule has 0 spiro atoms. The lowest BCUT2D eigenvalue weighted by Gasteiger charge is -2.21. The molecule has 0 unspecified atom stereocenters. The van der Waals surface area contributed by atoms with E-state index in [1.807, 2.05) is 23.1 Å². The molecule has 0 radical (unpaired) electrons. The molecule has 3 rings (SSSR count). The van der Waals surface area contributed by atoms with Crippen LogP contribution in [0.3, 0.4) is 0 Å². The Morgan fingerprint density at radius 2 is 1.67 bits per heavy atom. The maximum absolute atomic E-state index is 12.8. The van der Waals surface area contributed by atoms with Gasteiger partial charge in [0.1, 0.15) is 0 Å². The Labute approximate surface area is 146 Å². The molecule has 0 saturated carbocycles. The van der Waals surface area contributed by atoms with Crippen LogP contribution in [0.4, 0.5) is 0 Å². The first-order valence-electron chi connectivity index (χ1n) is 6.96. The zero-order valence-corrected chi connectivity index (χ0v) is 15.2. The van der Waals surface area contributed by atoms with Gasteiger partial charge in [0.15, 0.2) is 0 Å². The van der Waals surface area contributed by atoms with Gasteiger partial charge in [0, 0.05) is 21.1 Å². The third kappa shape index (κ3) is 3.31. The summed E-state index contributed by atoms with van der Waals surface area (Å²) in [5.41, 5.74) is 3.53. The van der Waals surface area contributed by atoms with Crippen molar-refractivity contribution in [3.63, 3.8) is 0 Å². The second-order valence-corrected chi connectivity index (χ2v) is 7.26. The van der Waals surface area contributed by atoms with E-state index < -0.39 is 0 Å². The number of carbonyl (C=O) groups is 1. The van der Waals surface area contributed by atoms with Crippen LogP contribution in [0.15, 0.2) is 46.9 Å². The lowest BCUT2D eigenvalue weighted by atomic mass is 10.0. The third-order valence-electron chi connectivity index (χ3n) is 3.87. The Morgan fingerprint density at radius 1 is 1.05 bits per heavy atom. The Bertz CT molecular complexity index is 659. The van der Waals surface area contributed by atoms with E-state index in [1.54, 1.807) is 0 Å². The third-order valence-corrected chi connectivity index (χ3v) is 5.30. The molecule has 4 heteroatoms. The normalized spacial score (nSPS) is 14.5. The molecule has 2 aromatic rings. The van der Waals surface area contributed by atoms with Gasteiger partial charge in [-0.3, -0.25) is 4.79 Å². The van der Waals surface area contributed by atoms with Crippen LogP contribution in [0.2, 0.25) is 0 Å². The van der Waals surface area contributed by atoms with Crippen LogP contribution in [-0.2, 0) is 12.8 Å². The minimum Gasteiger partial charge on any atom is -0.338 e. The van der Waals surface area contributed by atoms with Gasteiger partial charge in [-0.15, -0.1) is 0 Å². The summed E-state index contributed by atoms with van der Waals surface area (Å²) in [6, 6.07) is 14.4. The van der Waals surface area contributed by atoms with E-state index in [2.05, 4.69) is 62.8 Å². The van der Waals surface area contributed by atoms with Crippen molar-refractivity contribution < 1.29 is 4.79 Å². The quantitative estimate of drug-likeness (QED) is 0.587. The second-order valence-electron chi connectivity index (χ2n) is 5.19. The number of hydrogen-bond acceptors (Lipinski definition) is 1. The molecule has 0 N–H and O–H groups in total. The molecule has 0 atom stereocenters. The Kier molecular flexibility index (Phi) is 4.64. The molecule has 1 aliphatic rings. The average molecular weight is 456 g/mol. The highest BCUT2D eigenvalue weighted by atomic mass is 127. The molecular formula is C17H15BrINO. The van der Waals surface area contributed by atoms with Crippen molar-refractivity contribution in [1.29, 1.82) is 0 Å². The van der Waals surface area contributed by atoms with E-state index in [4.69, 9.17) is 0 Å². The molecule has 0 saturated heterocycles. The molecule has 2 nitrogen and oxygen atoms in total. The van der Waals surface area contributed by atoms with Crippen molar-refractivity contribution in [2.24, 2.45) is 0 Å². The molecular weight excluding hydrogens is 441 g/mol. The fourth-order valence-corrected chi connectivity index (χ4v) is 3.63. The first-order valence-corrected chi connectivity index (χ1v) is 8.83. The van der Waals surface area contributed by atoms with Crippen molar-refractivity contribution in [3.05, 3.63) is 67.2 Å². The lowest BCUT2D eigenvalue weighted by Crippen LogP contribution is -2.33. The van der Waals surface area contributed by atoms with Crippen LogP contribution in [0.5, 0.6) is 0 Å². The predicted octanol–water partition coefficient (Wildman–Crippen LogP) is 4.29. The predicted molar refractivity (Wildman–Crippen MR) is 96.6 cm³/mol. The smallest absolute Gasteiger partial charge is 0.254 e. The molecule has 1 aliphatic heterocycles. The van der Waals surface area contributed by atoms with Crippen LogP contribution in [0.25, 0.3) is 0 Å². The summed E-state index contributed by atoms with van der Waals surface area (Å²) >= 11 is 5.68. The minimum atomic E-state index is 0.133. The zero-order valence-electron chi connectivity index (χ0n) is 11.5. The summed E-state index contributed by atoms with van der Waals surface area (Å²) in [6.45, 7) is 1.58. The highest BCUT2D eigenvalue weighted by molar-refractivity contribution is 14.1. The van der Waals surface area contributed by atoms with Gasteiger partial charge >= 0.3 is 0 Å². The van der Waals surface area contributed by atoms with Gasteiger partial charge in [-0.2, -0.15) is 0 Å². The maximum Gasteiger partial charge on any atom is 0.254 e. The Balaban J connectivity index is 1.82. The van der Waals surface area contributed by atoms with E-state index in [1.165, 1.54) is 11.1 Å². The summed E-state index contributed by atoms with van der Waals surface area (Å²) in [5, 5.41) is 0. The summed E-state index contributed by atoms with van der Waals surface area (Å²) in [4.78, 5) is 14.8. The zero-order chi connectivity index (χ0) is 14.8. The number of amides is 1. The number of hydrogen-bond donors (Lipinski definition) is 0. The van der Waals surface area contributed by atoms with Gasteiger partial charge in [-0.1, -0.05) is 40.2 Å². The lowest BCUT2D eigenvalue weighted by molar-refractivity contribution is 0.0762. The van der Waals surface area contributed by atoms with Gasteiger partial charge < -0.3 is 4.90 Å². The topological polar surface area (TPSA) is 20.3 Å². The van der Waals surface area contributed by atoms with E-state index in [0.717, 1.165) is 39.5 Å². The molecule has 1 amide bonds. The maximum atomic E-state index is 12.8. The number of nitrogens with zero attached hydrogens (tertiary/aromatic N) is 1. The monoisotopic (exact) mass is 455 g/mol. The molecule has 0 bridgehead atoms. The number of fused-ring (bicyclic) bond motifs is 1. The van der Waals surface area contributed by atoms with Gasteiger partial charge in [-0.05, 0) is 64.8 Å². The van der Waals surface area contributed by atoms with Gasteiger partial charge in [0.05, 0.1) is 5.56 Å². The van der Waals surface area contributed by atoms with Crippen LogP contribution in [0, 0.1) is 3.57 Å². The molecule has 2 aromatic carbocycles. The van der Waals surface area contributed by atoms with Gasteiger partial charge in [0.25, 0.3) is 5.91 Å². The molecule has 0 aliphatic carbocycles. The second kappa shape index (κ2) is 6.48. The summed E-state index contributed by atoms with van der Waals surface area (Å²) in [5.74, 6) is 0.133. The Hall–Kier alpha value is -0.880. The van der Waals surface area contributed by atoms with Crippen molar-refractivity contribution in [3.8, 4) is 0 Å². The number of carbonyl (C=O) groups excluding carboxylic acids is 1. The highest BCUT2D eigenvalue weighted by Gasteiger charge is 2.21. The molecule has 108 valence electrons. The van der Waals surface area contributed by atoms with Crippen molar-refractivity contribution in [2.75, 3.05) is 13.1 Å². The van der Waals surface area contributed by atoms with E-state index in [9.17, 15) is 4.79 Å². The first kappa shape index (κ1) is 15.0. The molecule has 1 heterocycles. The standard InChI is InChI=1S/C17H15BrINO/c18-14-5-6-16(19)15(11-14)17(21)20-9-7-12-3-1-2-4-13(12)8-10-20/h1-6,11H,7-10H2. The van der Waals surface area contributed by atoms with E-state index in [-0.39, 0.29) is 5.91 Å².